The lowest BCUT2D eigenvalue weighted by Crippen LogP contribution is -2.38. The number of hydrogen-bond donors (Lipinski definition) is 1. The summed E-state index contributed by atoms with van der Waals surface area (Å²) in [6.07, 6.45) is 2.39. The standard InChI is InChI=1S/C19H33N/c1-8-9-20-17(7)18(13(2)3)12-19-15(5)10-14(4)11-16(19)6/h10-11,13,17-18,20H,8-9,12H2,1-7H3. The Hall–Kier alpha value is -0.820. The SMILES string of the molecule is CCCNC(C)C(Cc1c(C)cc(C)cc1C)C(C)C. The van der Waals surface area contributed by atoms with Gasteiger partial charge in [0, 0.05) is 6.04 Å². The van der Waals surface area contributed by atoms with Crippen molar-refractivity contribution in [2.24, 2.45) is 11.8 Å². The van der Waals surface area contributed by atoms with Crippen molar-refractivity contribution >= 4 is 0 Å². The Kier molecular flexibility index (Phi) is 6.75. The van der Waals surface area contributed by atoms with Gasteiger partial charge in [-0.3, -0.25) is 0 Å². The smallest absolute Gasteiger partial charge is 0.00726 e. The quantitative estimate of drug-likeness (QED) is 0.752. The molecule has 0 aromatic heterocycles. The molecule has 0 heterocycles. The minimum atomic E-state index is 0.579. The van der Waals surface area contributed by atoms with Crippen molar-refractivity contribution < 1.29 is 0 Å². The average Bonchev–Trinajstić information content (AvgIpc) is 2.34. The molecule has 0 bridgehead atoms. The lowest BCUT2D eigenvalue weighted by molar-refractivity contribution is 0.288. The van der Waals surface area contributed by atoms with Gasteiger partial charge in [-0.2, -0.15) is 0 Å². The third-order valence-electron chi connectivity index (χ3n) is 4.50. The van der Waals surface area contributed by atoms with E-state index in [1.54, 1.807) is 5.56 Å². The zero-order chi connectivity index (χ0) is 15.3. The molecule has 0 aliphatic carbocycles. The van der Waals surface area contributed by atoms with Crippen LogP contribution >= 0.6 is 0 Å². The minimum absolute atomic E-state index is 0.579. The second kappa shape index (κ2) is 7.83. The van der Waals surface area contributed by atoms with Gasteiger partial charge < -0.3 is 5.32 Å². The van der Waals surface area contributed by atoms with E-state index in [0.717, 1.165) is 6.54 Å². The first-order chi connectivity index (χ1) is 9.36. The topological polar surface area (TPSA) is 12.0 Å². The molecule has 1 heteroatoms. The molecular weight excluding hydrogens is 242 g/mol. The molecule has 1 aromatic rings. The molecule has 1 N–H and O–H groups in total. The Bertz CT molecular complexity index is 397. The van der Waals surface area contributed by atoms with Gasteiger partial charge >= 0.3 is 0 Å². The van der Waals surface area contributed by atoms with Crippen molar-refractivity contribution in [2.75, 3.05) is 6.54 Å². The molecule has 1 nitrogen and oxygen atoms in total. The molecule has 0 radical (unpaired) electrons. The Morgan fingerprint density at radius 1 is 1.00 bits per heavy atom. The second-order valence-corrected chi connectivity index (χ2v) is 6.73. The van der Waals surface area contributed by atoms with Gasteiger partial charge in [0.15, 0.2) is 0 Å². The molecule has 0 saturated carbocycles. The van der Waals surface area contributed by atoms with E-state index in [-0.39, 0.29) is 0 Å². The fraction of sp³-hybridized carbons (Fsp3) is 0.684. The van der Waals surface area contributed by atoms with E-state index in [2.05, 4.69) is 65.9 Å². The summed E-state index contributed by atoms with van der Waals surface area (Å²) in [5.74, 6) is 1.40. The molecule has 0 saturated heterocycles. The highest BCUT2D eigenvalue weighted by molar-refractivity contribution is 5.37. The van der Waals surface area contributed by atoms with Crippen molar-refractivity contribution in [3.05, 3.63) is 34.4 Å². The molecule has 0 spiro atoms. The summed E-state index contributed by atoms with van der Waals surface area (Å²) >= 11 is 0. The van der Waals surface area contributed by atoms with Crippen molar-refractivity contribution in [1.29, 1.82) is 0 Å². The fourth-order valence-electron chi connectivity index (χ4n) is 3.28. The van der Waals surface area contributed by atoms with Gasteiger partial charge in [-0.15, -0.1) is 0 Å². The van der Waals surface area contributed by atoms with Crippen LogP contribution in [0.3, 0.4) is 0 Å². The van der Waals surface area contributed by atoms with Gasteiger partial charge in [0.25, 0.3) is 0 Å². The van der Waals surface area contributed by atoms with Crippen LogP contribution in [0, 0.1) is 32.6 Å². The molecule has 20 heavy (non-hydrogen) atoms. The van der Waals surface area contributed by atoms with Gasteiger partial charge in [-0.05, 0) is 75.6 Å². The number of aryl methyl sites for hydroxylation is 3. The van der Waals surface area contributed by atoms with Gasteiger partial charge in [-0.25, -0.2) is 0 Å². The molecular formula is C19H33N. The molecule has 2 unspecified atom stereocenters. The van der Waals surface area contributed by atoms with Crippen LogP contribution in [0.15, 0.2) is 12.1 Å². The number of rotatable bonds is 7. The highest BCUT2D eigenvalue weighted by Gasteiger charge is 2.22. The molecule has 0 amide bonds. The van der Waals surface area contributed by atoms with E-state index < -0.39 is 0 Å². The molecule has 0 aliphatic rings. The Morgan fingerprint density at radius 2 is 1.55 bits per heavy atom. The Morgan fingerprint density at radius 3 is 2.00 bits per heavy atom. The van der Waals surface area contributed by atoms with Crippen LogP contribution in [0.5, 0.6) is 0 Å². The molecule has 0 aliphatic heterocycles. The van der Waals surface area contributed by atoms with Crippen LogP contribution in [0.4, 0.5) is 0 Å². The van der Waals surface area contributed by atoms with E-state index in [9.17, 15) is 0 Å². The van der Waals surface area contributed by atoms with E-state index in [4.69, 9.17) is 0 Å². The largest absolute Gasteiger partial charge is 0.314 e. The maximum absolute atomic E-state index is 3.68. The lowest BCUT2D eigenvalue weighted by atomic mass is 9.81. The Labute approximate surface area is 126 Å². The van der Waals surface area contributed by atoms with Crippen LogP contribution in [0.25, 0.3) is 0 Å². The first-order valence-electron chi connectivity index (χ1n) is 8.16. The first-order valence-corrected chi connectivity index (χ1v) is 8.16. The molecule has 2 atom stereocenters. The monoisotopic (exact) mass is 275 g/mol. The predicted octanol–water partition coefficient (Wildman–Crippen LogP) is 4.81. The summed E-state index contributed by atoms with van der Waals surface area (Å²) in [6, 6.07) is 5.23. The zero-order valence-corrected chi connectivity index (χ0v) is 14.5. The van der Waals surface area contributed by atoms with Crippen molar-refractivity contribution in [1.82, 2.24) is 5.32 Å². The van der Waals surface area contributed by atoms with E-state index in [1.165, 1.54) is 29.5 Å². The average molecular weight is 275 g/mol. The molecule has 0 fully saturated rings. The van der Waals surface area contributed by atoms with Gasteiger partial charge in [-0.1, -0.05) is 38.5 Å². The van der Waals surface area contributed by atoms with Crippen molar-refractivity contribution in [3.63, 3.8) is 0 Å². The van der Waals surface area contributed by atoms with Gasteiger partial charge in [0.05, 0.1) is 0 Å². The summed E-state index contributed by atoms with van der Waals surface area (Å²) in [7, 11) is 0. The highest BCUT2D eigenvalue weighted by atomic mass is 14.9. The predicted molar refractivity (Wildman–Crippen MR) is 90.4 cm³/mol. The molecule has 1 aromatic carbocycles. The van der Waals surface area contributed by atoms with Gasteiger partial charge in [0.1, 0.15) is 0 Å². The van der Waals surface area contributed by atoms with Crippen LogP contribution in [-0.4, -0.2) is 12.6 Å². The van der Waals surface area contributed by atoms with Crippen molar-refractivity contribution in [2.45, 2.75) is 67.3 Å². The summed E-state index contributed by atoms with van der Waals surface area (Å²) < 4.78 is 0. The van der Waals surface area contributed by atoms with E-state index >= 15 is 0 Å². The Balaban J connectivity index is 2.91. The number of nitrogens with one attached hydrogen (secondary N) is 1. The number of benzene rings is 1. The minimum Gasteiger partial charge on any atom is -0.314 e. The normalized spacial score (nSPS) is 14.6. The third-order valence-corrected chi connectivity index (χ3v) is 4.50. The van der Waals surface area contributed by atoms with Crippen molar-refractivity contribution in [3.8, 4) is 0 Å². The second-order valence-electron chi connectivity index (χ2n) is 6.73. The molecule has 1 rings (SSSR count). The summed E-state index contributed by atoms with van der Waals surface area (Å²) in [5.41, 5.74) is 5.84. The first kappa shape index (κ1) is 17.2. The van der Waals surface area contributed by atoms with Gasteiger partial charge in [0.2, 0.25) is 0 Å². The number of hydrogen-bond acceptors (Lipinski definition) is 1. The summed E-state index contributed by atoms with van der Waals surface area (Å²) in [5, 5.41) is 3.68. The lowest BCUT2D eigenvalue weighted by Gasteiger charge is -2.30. The van der Waals surface area contributed by atoms with Crippen LogP contribution < -0.4 is 5.32 Å². The zero-order valence-electron chi connectivity index (χ0n) is 14.5. The maximum atomic E-state index is 3.68. The van der Waals surface area contributed by atoms with Crippen LogP contribution in [0.1, 0.15) is 56.4 Å². The molecule has 114 valence electrons. The fourth-order valence-corrected chi connectivity index (χ4v) is 3.28. The summed E-state index contributed by atoms with van der Waals surface area (Å²) in [4.78, 5) is 0. The van der Waals surface area contributed by atoms with E-state index in [1.807, 2.05) is 0 Å². The van der Waals surface area contributed by atoms with Crippen LogP contribution in [0.2, 0.25) is 0 Å². The summed E-state index contributed by atoms with van der Waals surface area (Å²) in [6.45, 7) is 17.1. The van der Waals surface area contributed by atoms with Crippen LogP contribution in [-0.2, 0) is 6.42 Å². The van der Waals surface area contributed by atoms with E-state index in [0.29, 0.717) is 17.9 Å². The third kappa shape index (κ3) is 4.63. The maximum Gasteiger partial charge on any atom is 0.00726 e. The highest BCUT2D eigenvalue weighted by Crippen LogP contribution is 2.26.